The van der Waals surface area contributed by atoms with Gasteiger partial charge in [-0.1, -0.05) is 6.07 Å². The Morgan fingerprint density at radius 1 is 1.28 bits per heavy atom. The van der Waals surface area contributed by atoms with Gasteiger partial charge < -0.3 is 9.88 Å². The number of hydrazone groups is 1. The van der Waals surface area contributed by atoms with Crippen LogP contribution in [0.1, 0.15) is 23.9 Å². The molecular formula is C19H21N5S. The highest BCUT2D eigenvalue weighted by molar-refractivity contribution is 7.80. The second-order valence-electron chi connectivity index (χ2n) is 5.77. The molecule has 0 unspecified atom stereocenters. The zero-order chi connectivity index (χ0) is 17.8. The van der Waals surface area contributed by atoms with Crippen LogP contribution in [0, 0.1) is 13.8 Å². The van der Waals surface area contributed by atoms with E-state index in [0.717, 1.165) is 40.1 Å². The van der Waals surface area contributed by atoms with Crippen LogP contribution in [-0.2, 0) is 0 Å². The number of nitrogens with one attached hydrogen (secondary N) is 2. The molecule has 0 saturated heterocycles. The lowest BCUT2D eigenvalue weighted by molar-refractivity contribution is 0.903. The Bertz CT molecular complexity index is 942. The Labute approximate surface area is 152 Å². The van der Waals surface area contributed by atoms with Crippen LogP contribution in [0.25, 0.3) is 16.6 Å². The number of pyridine rings is 1. The zero-order valence-corrected chi connectivity index (χ0v) is 15.4. The molecule has 0 atom stereocenters. The largest absolute Gasteiger partial charge is 0.362 e. The second-order valence-corrected chi connectivity index (χ2v) is 6.18. The molecule has 1 aromatic carbocycles. The number of nitrogens with zero attached hydrogens (tertiary/aromatic N) is 3. The van der Waals surface area contributed by atoms with Gasteiger partial charge in [-0.15, -0.1) is 0 Å². The molecule has 0 radical (unpaired) electrons. The molecule has 0 spiro atoms. The third-order valence-corrected chi connectivity index (χ3v) is 4.26. The van der Waals surface area contributed by atoms with Crippen LogP contribution in [0.3, 0.4) is 0 Å². The van der Waals surface area contributed by atoms with Crippen molar-refractivity contribution in [3.63, 3.8) is 0 Å². The van der Waals surface area contributed by atoms with E-state index in [2.05, 4.69) is 63.5 Å². The quantitative estimate of drug-likeness (QED) is 0.429. The maximum Gasteiger partial charge on any atom is 0.186 e. The van der Waals surface area contributed by atoms with E-state index >= 15 is 0 Å². The molecule has 25 heavy (non-hydrogen) atoms. The molecular weight excluding hydrogens is 330 g/mol. The molecule has 0 amide bonds. The molecule has 2 heterocycles. The van der Waals surface area contributed by atoms with Crippen LogP contribution in [0.4, 0.5) is 0 Å². The SMILES string of the molecule is CCNC(=S)NN=Cc1cc(C)n(-c2ccc3ncccc3c2)c1C. The normalized spacial score (nSPS) is 11.2. The summed E-state index contributed by atoms with van der Waals surface area (Å²) in [5, 5.41) is 8.87. The van der Waals surface area contributed by atoms with Gasteiger partial charge in [-0.25, -0.2) is 0 Å². The summed E-state index contributed by atoms with van der Waals surface area (Å²) in [5.74, 6) is 0. The van der Waals surface area contributed by atoms with Crippen LogP contribution >= 0.6 is 12.2 Å². The predicted molar refractivity (Wildman–Crippen MR) is 108 cm³/mol. The van der Waals surface area contributed by atoms with E-state index in [9.17, 15) is 0 Å². The Morgan fingerprint density at radius 2 is 2.12 bits per heavy atom. The summed E-state index contributed by atoms with van der Waals surface area (Å²) in [6.07, 6.45) is 3.61. The molecule has 6 heteroatoms. The van der Waals surface area contributed by atoms with E-state index in [1.165, 1.54) is 0 Å². The second kappa shape index (κ2) is 7.44. The molecule has 5 nitrogen and oxygen atoms in total. The molecule has 0 aliphatic heterocycles. The number of fused-ring (bicyclic) bond motifs is 1. The summed E-state index contributed by atoms with van der Waals surface area (Å²) in [4.78, 5) is 4.38. The molecule has 0 bridgehead atoms. The van der Waals surface area contributed by atoms with Gasteiger partial charge >= 0.3 is 0 Å². The first kappa shape index (κ1) is 17.1. The fourth-order valence-corrected chi connectivity index (χ4v) is 3.08. The van der Waals surface area contributed by atoms with Crippen LogP contribution in [-0.4, -0.2) is 27.4 Å². The average molecular weight is 351 g/mol. The first-order valence-electron chi connectivity index (χ1n) is 8.21. The summed E-state index contributed by atoms with van der Waals surface area (Å²) < 4.78 is 2.22. The van der Waals surface area contributed by atoms with Crippen molar-refractivity contribution >= 4 is 34.4 Å². The third kappa shape index (κ3) is 3.69. The predicted octanol–water partition coefficient (Wildman–Crippen LogP) is 3.46. The van der Waals surface area contributed by atoms with Crippen molar-refractivity contribution in [2.75, 3.05) is 6.54 Å². The number of hydrogen-bond donors (Lipinski definition) is 2. The number of aromatic nitrogens is 2. The van der Waals surface area contributed by atoms with Crippen molar-refractivity contribution in [1.29, 1.82) is 0 Å². The van der Waals surface area contributed by atoms with E-state index in [1.54, 1.807) is 6.21 Å². The maximum atomic E-state index is 5.11. The molecule has 3 aromatic rings. The van der Waals surface area contributed by atoms with Gasteiger partial charge in [-0.3, -0.25) is 10.4 Å². The average Bonchev–Trinajstić information content (AvgIpc) is 2.88. The van der Waals surface area contributed by atoms with E-state index < -0.39 is 0 Å². The minimum absolute atomic E-state index is 0.523. The van der Waals surface area contributed by atoms with E-state index in [4.69, 9.17) is 12.2 Å². The first-order chi connectivity index (χ1) is 12.1. The third-order valence-electron chi connectivity index (χ3n) is 4.02. The summed E-state index contributed by atoms with van der Waals surface area (Å²) in [7, 11) is 0. The maximum absolute atomic E-state index is 5.11. The minimum Gasteiger partial charge on any atom is -0.362 e. The lowest BCUT2D eigenvalue weighted by Crippen LogP contribution is -2.31. The Kier molecular flexibility index (Phi) is 5.09. The molecule has 2 N–H and O–H groups in total. The Balaban J connectivity index is 1.90. The number of aryl methyl sites for hydroxylation is 1. The highest BCUT2D eigenvalue weighted by Gasteiger charge is 2.10. The van der Waals surface area contributed by atoms with Crippen LogP contribution in [0.2, 0.25) is 0 Å². The molecule has 3 rings (SSSR count). The molecule has 0 saturated carbocycles. The Morgan fingerprint density at radius 3 is 2.92 bits per heavy atom. The summed E-state index contributed by atoms with van der Waals surface area (Å²) in [5.41, 5.74) is 8.26. The highest BCUT2D eigenvalue weighted by Crippen LogP contribution is 2.22. The van der Waals surface area contributed by atoms with Gasteiger partial charge in [-0.05, 0) is 63.3 Å². The van der Waals surface area contributed by atoms with E-state index in [1.807, 2.05) is 25.3 Å². The van der Waals surface area contributed by atoms with Crippen molar-refractivity contribution < 1.29 is 0 Å². The van der Waals surface area contributed by atoms with E-state index in [-0.39, 0.29) is 0 Å². The van der Waals surface area contributed by atoms with E-state index in [0.29, 0.717) is 5.11 Å². The van der Waals surface area contributed by atoms with Gasteiger partial charge in [0.15, 0.2) is 5.11 Å². The van der Waals surface area contributed by atoms with Gasteiger partial charge in [0.2, 0.25) is 0 Å². The molecule has 128 valence electrons. The zero-order valence-electron chi connectivity index (χ0n) is 14.6. The van der Waals surface area contributed by atoms with Gasteiger partial charge in [0, 0.05) is 40.8 Å². The van der Waals surface area contributed by atoms with Crippen molar-refractivity contribution in [3.8, 4) is 5.69 Å². The summed E-state index contributed by atoms with van der Waals surface area (Å²) >= 11 is 5.11. The molecule has 2 aromatic heterocycles. The minimum atomic E-state index is 0.523. The Hall–Kier alpha value is -2.73. The topological polar surface area (TPSA) is 54.2 Å². The van der Waals surface area contributed by atoms with Crippen LogP contribution in [0.5, 0.6) is 0 Å². The van der Waals surface area contributed by atoms with Crippen molar-refractivity contribution in [1.82, 2.24) is 20.3 Å². The first-order valence-corrected chi connectivity index (χ1v) is 8.62. The fourth-order valence-electron chi connectivity index (χ4n) is 2.88. The highest BCUT2D eigenvalue weighted by atomic mass is 32.1. The van der Waals surface area contributed by atoms with Crippen molar-refractivity contribution in [2.24, 2.45) is 5.10 Å². The van der Waals surface area contributed by atoms with Crippen molar-refractivity contribution in [2.45, 2.75) is 20.8 Å². The van der Waals surface area contributed by atoms with Gasteiger partial charge in [0.05, 0.1) is 11.7 Å². The monoisotopic (exact) mass is 351 g/mol. The van der Waals surface area contributed by atoms with Crippen molar-refractivity contribution in [3.05, 3.63) is 59.5 Å². The number of benzene rings is 1. The van der Waals surface area contributed by atoms with Gasteiger partial charge in [-0.2, -0.15) is 5.10 Å². The molecule has 0 fully saturated rings. The smallest absolute Gasteiger partial charge is 0.186 e. The van der Waals surface area contributed by atoms with Gasteiger partial charge in [0.25, 0.3) is 0 Å². The van der Waals surface area contributed by atoms with Gasteiger partial charge in [0.1, 0.15) is 0 Å². The van der Waals surface area contributed by atoms with Crippen LogP contribution in [0.15, 0.2) is 47.7 Å². The number of thiocarbonyl (C=S) groups is 1. The standard InChI is InChI=1S/C19H21N5S/c1-4-20-19(25)23-22-12-16-10-13(2)24(14(16)3)17-7-8-18-15(11-17)6-5-9-21-18/h5-12H,4H2,1-3H3,(H2,20,23,25). The molecule has 0 aliphatic carbocycles. The summed E-state index contributed by atoms with van der Waals surface area (Å²) in [6, 6.07) is 12.4. The lowest BCUT2D eigenvalue weighted by Gasteiger charge is -2.10. The lowest BCUT2D eigenvalue weighted by atomic mass is 10.2. The van der Waals surface area contributed by atoms with Crippen LogP contribution < -0.4 is 10.7 Å². The number of hydrogen-bond acceptors (Lipinski definition) is 3. The fraction of sp³-hybridized carbons (Fsp3) is 0.211. The molecule has 0 aliphatic rings. The number of rotatable bonds is 4. The summed E-state index contributed by atoms with van der Waals surface area (Å²) in [6.45, 7) is 6.94.